The van der Waals surface area contributed by atoms with Gasteiger partial charge < -0.3 is 15.3 Å². The molecule has 6 heteroatoms. The zero-order valence-electron chi connectivity index (χ0n) is 10.6. The first-order valence-corrected chi connectivity index (χ1v) is 6.21. The molecule has 1 aromatic rings. The largest absolute Gasteiger partial charge is 0.376 e. The molecule has 0 bridgehead atoms. The fourth-order valence-corrected chi connectivity index (χ4v) is 1.80. The van der Waals surface area contributed by atoms with E-state index in [9.17, 15) is 4.39 Å². The molecule has 3 N–H and O–H groups in total. The Morgan fingerprint density at radius 3 is 2.67 bits per heavy atom. The summed E-state index contributed by atoms with van der Waals surface area (Å²) in [5.74, 6) is -0.222. The lowest BCUT2D eigenvalue weighted by Gasteiger charge is -2.31. The molecule has 0 saturated heterocycles. The smallest absolute Gasteiger partial charge is 0.193 e. The molecular weight excluding hydrogens is 301 g/mol. The number of benzene rings is 1. The Kier molecular flexibility index (Phi) is 4.70. The minimum absolute atomic E-state index is 0.1000. The van der Waals surface area contributed by atoms with Crippen molar-refractivity contribution in [1.82, 2.24) is 10.2 Å². The number of nitrogens with one attached hydrogen (secondary N) is 2. The molecule has 100 valence electrons. The molecule has 0 fully saturated rings. The van der Waals surface area contributed by atoms with E-state index in [0.29, 0.717) is 4.47 Å². The molecule has 0 heterocycles. The van der Waals surface area contributed by atoms with Gasteiger partial charge in [-0.05, 0) is 47.5 Å². The molecule has 0 saturated carbocycles. The monoisotopic (exact) mass is 317 g/mol. The highest BCUT2D eigenvalue weighted by molar-refractivity contribution is 9.10. The Morgan fingerprint density at radius 2 is 2.17 bits per heavy atom. The van der Waals surface area contributed by atoms with Crippen LogP contribution in [0.4, 0.5) is 4.39 Å². The van der Waals surface area contributed by atoms with Crippen LogP contribution in [0.25, 0.3) is 0 Å². The van der Waals surface area contributed by atoms with Gasteiger partial charge in [-0.2, -0.15) is 0 Å². The van der Waals surface area contributed by atoms with Gasteiger partial charge in [0.15, 0.2) is 5.96 Å². The van der Waals surface area contributed by atoms with E-state index in [1.54, 1.807) is 19.2 Å². The number of aliphatic hydroxyl groups is 1. The number of hydrogen-bond donors (Lipinski definition) is 3. The molecule has 0 radical (unpaired) electrons. The first kappa shape index (κ1) is 14.9. The van der Waals surface area contributed by atoms with E-state index in [1.807, 2.05) is 13.8 Å². The highest BCUT2D eigenvalue weighted by Crippen LogP contribution is 2.25. The Hall–Kier alpha value is -1.14. The maximum atomic E-state index is 13.2. The van der Waals surface area contributed by atoms with E-state index in [2.05, 4.69) is 21.2 Å². The summed E-state index contributed by atoms with van der Waals surface area (Å²) in [5.41, 5.74) is 0.295. The highest BCUT2D eigenvalue weighted by Gasteiger charge is 2.23. The quantitative estimate of drug-likeness (QED) is 0.455. The van der Waals surface area contributed by atoms with Gasteiger partial charge in [-0.1, -0.05) is 6.07 Å². The molecule has 18 heavy (non-hydrogen) atoms. The summed E-state index contributed by atoms with van der Waals surface area (Å²) in [6, 6.07) is 4.72. The van der Waals surface area contributed by atoms with Crippen molar-refractivity contribution in [1.29, 1.82) is 5.41 Å². The molecule has 0 aliphatic heterocycles. The molecule has 0 amide bonds. The van der Waals surface area contributed by atoms with Crippen molar-refractivity contribution in [3.63, 3.8) is 0 Å². The summed E-state index contributed by atoms with van der Waals surface area (Å²) in [6.45, 7) is 3.52. The lowest BCUT2D eigenvalue weighted by Crippen LogP contribution is -2.47. The average molecular weight is 318 g/mol. The lowest BCUT2D eigenvalue weighted by atomic mass is 9.94. The van der Waals surface area contributed by atoms with Crippen LogP contribution in [-0.4, -0.2) is 29.7 Å². The van der Waals surface area contributed by atoms with Gasteiger partial charge in [0.2, 0.25) is 0 Å². The van der Waals surface area contributed by atoms with Crippen LogP contribution in [0.1, 0.15) is 19.4 Å². The standard InChI is InChI=1S/C12H17BrFN3O/c1-12(2,16-11(15)17(3)7-18)8-4-5-10(14)9(13)6-8/h4-6,18H,7H2,1-3H3,(H2,15,16). The number of halogens is 2. The van der Waals surface area contributed by atoms with Crippen LogP contribution < -0.4 is 5.32 Å². The van der Waals surface area contributed by atoms with E-state index >= 15 is 0 Å². The number of hydrogen-bond acceptors (Lipinski definition) is 2. The van der Waals surface area contributed by atoms with E-state index in [4.69, 9.17) is 10.5 Å². The van der Waals surface area contributed by atoms with Crippen molar-refractivity contribution < 1.29 is 9.50 Å². The van der Waals surface area contributed by atoms with Crippen molar-refractivity contribution in [2.45, 2.75) is 19.4 Å². The fourth-order valence-electron chi connectivity index (χ4n) is 1.42. The van der Waals surface area contributed by atoms with E-state index < -0.39 is 5.54 Å². The second-order valence-corrected chi connectivity index (χ2v) is 5.42. The second kappa shape index (κ2) is 5.67. The topological polar surface area (TPSA) is 59.4 Å². The zero-order valence-corrected chi connectivity index (χ0v) is 12.2. The van der Waals surface area contributed by atoms with Gasteiger partial charge >= 0.3 is 0 Å². The highest BCUT2D eigenvalue weighted by atomic mass is 79.9. The zero-order chi connectivity index (χ0) is 13.9. The lowest BCUT2D eigenvalue weighted by molar-refractivity contribution is 0.184. The Labute approximate surface area is 114 Å². The average Bonchev–Trinajstić information content (AvgIpc) is 2.30. The van der Waals surface area contributed by atoms with Gasteiger partial charge in [-0.25, -0.2) is 4.39 Å². The van der Waals surface area contributed by atoms with Gasteiger partial charge in [0.05, 0.1) is 10.0 Å². The van der Waals surface area contributed by atoms with Gasteiger partial charge in [0.1, 0.15) is 12.5 Å². The van der Waals surface area contributed by atoms with Crippen LogP contribution >= 0.6 is 15.9 Å². The summed E-state index contributed by atoms with van der Waals surface area (Å²) >= 11 is 3.14. The van der Waals surface area contributed by atoms with Crippen LogP contribution in [0, 0.1) is 11.2 Å². The predicted molar refractivity (Wildman–Crippen MR) is 72.8 cm³/mol. The Morgan fingerprint density at radius 1 is 1.56 bits per heavy atom. The van der Waals surface area contributed by atoms with Crippen LogP contribution in [0.5, 0.6) is 0 Å². The van der Waals surface area contributed by atoms with Crippen molar-refractivity contribution in [2.24, 2.45) is 0 Å². The maximum Gasteiger partial charge on any atom is 0.193 e. The number of rotatable bonds is 3. The molecule has 0 spiro atoms. The van der Waals surface area contributed by atoms with E-state index in [-0.39, 0.29) is 18.5 Å². The molecule has 0 atom stereocenters. The molecule has 0 aromatic heterocycles. The fraction of sp³-hybridized carbons (Fsp3) is 0.417. The maximum absolute atomic E-state index is 13.2. The van der Waals surface area contributed by atoms with E-state index in [1.165, 1.54) is 11.0 Å². The van der Waals surface area contributed by atoms with Crippen LogP contribution in [0.15, 0.2) is 22.7 Å². The number of aliphatic hydroxyl groups excluding tert-OH is 1. The third kappa shape index (κ3) is 3.43. The summed E-state index contributed by atoms with van der Waals surface area (Å²) in [4.78, 5) is 1.36. The van der Waals surface area contributed by atoms with Crippen molar-refractivity contribution in [3.8, 4) is 0 Å². The van der Waals surface area contributed by atoms with E-state index in [0.717, 1.165) is 5.56 Å². The molecule has 1 aromatic carbocycles. The summed E-state index contributed by atoms with van der Waals surface area (Å²) in [7, 11) is 1.60. The van der Waals surface area contributed by atoms with Crippen molar-refractivity contribution in [2.75, 3.05) is 13.8 Å². The summed E-state index contributed by atoms with van der Waals surface area (Å²) in [6.07, 6.45) is 0. The normalized spacial score (nSPS) is 11.2. The summed E-state index contributed by atoms with van der Waals surface area (Å²) in [5, 5.41) is 19.7. The van der Waals surface area contributed by atoms with Crippen LogP contribution in [-0.2, 0) is 5.54 Å². The second-order valence-electron chi connectivity index (χ2n) is 4.57. The van der Waals surface area contributed by atoms with Crippen LogP contribution in [0.3, 0.4) is 0 Å². The Bertz CT molecular complexity index is 451. The van der Waals surface area contributed by atoms with Crippen LogP contribution in [0.2, 0.25) is 0 Å². The van der Waals surface area contributed by atoms with Crippen molar-refractivity contribution in [3.05, 3.63) is 34.1 Å². The molecule has 1 rings (SSSR count). The molecular formula is C12H17BrFN3O. The summed E-state index contributed by atoms with van der Waals surface area (Å²) < 4.78 is 13.6. The van der Waals surface area contributed by atoms with Gasteiger partial charge in [0, 0.05) is 7.05 Å². The molecule has 0 aliphatic rings. The van der Waals surface area contributed by atoms with Gasteiger partial charge in [-0.3, -0.25) is 5.41 Å². The Balaban J connectivity index is 2.92. The minimum atomic E-state index is -0.545. The third-order valence-corrected chi connectivity index (χ3v) is 3.27. The molecule has 0 unspecified atom stereocenters. The number of guanidine groups is 1. The van der Waals surface area contributed by atoms with Gasteiger partial charge in [-0.15, -0.1) is 0 Å². The molecule has 4 nitrogen and oxygen atoms in total. The first-order valence-electron chi connectivity index (χ1n) is 5.42. The van der Waals surface area contributed by atoms with Crippen molar-refractivity contribution >= 4 is 21.9 Å². The molecule has 0 aliphatic carbocycles. The SMILES string of the molecule is CN(CO)C(=N)NC(C)(C)c1ccc(F)c(Br)c1. The predicted octanol–water partition coefficient (Wildman–Crippen LogP) is 2.23. The minimum Gasteiger partial charge on any atom is -0.376 e. The first-order chi connectivity index (χ1) is 8.27. The third-order valence-electron chi connectivity index (χ3n) is 2.67. The number of nitrogens with zero attached hydrogens (tertiary/aromatic N) is 1. The van der Waals surface area contributed by atoms with Gasteiger partial charge in [0.25, 0.3) is 0 Å².